The highest BCUT2D eigenvalue weighted by atomic mass is 32.1. The fourth-order valence-electron chi connectivity index (χ4n) is 0. The van der Waals surface area contributed by atoms with E-state index in [1.807, 2.05) is 0 Å². The quantitative estimate of drug-likeness (QED) is 0.503. The van der Waals surface area contributed by atoms with Crippen LogP contribution >= 0.6 is 13.5 Å². The molecule has 0 aliphatic rings. The lowest BCUT2D eigenvalue weighted by molar-refractivity contribution is 1.91. The van der Waals surface area contributed by atoms with Crippen molar-refractivity contribution in [3.63, 3.8) is 0 Å². The zero-order valence-electron chi connectivity index (χ0n) is 7.50. The van der Waals surface area contributed by atoms with Crippen molar-refractivity contribution in [1.82, 2.24) is 0 Å². The molecule has 9 heavy (non-hydrogen) atoms. The Labute approximate surface area is 70.7 Å². The van der Waals surface area contributed by atoms with E-state index in [1.165, 1.54) is 0 Å². The average molecular weight is 180 g/mol. The van der Waals surface area contributed by atoms with Crippen molar-refractivity contribution >= 4 is 31.1 Å². The van der Waals surface area contributed by atoms with Gasteiger partial charge in [0.1, 0.15) is 0 Å². The largest absolute Gasteiger partial charge is 0.197 e. The molecule has 0 saturated heterocycles. The molecule has 0 aromatic heterocycles. The molecule has 0 atom stereocenters. The van der Waals surface area contributed by atoms with Gasteiger partial charge in [0.15, 0.2) is 0 Å². The van der Waals surface area contributed by atoms with Crippen molar-refractivity contribution in [3.8, 4) is 0 Å². The van der Waals surface area contributed by atoms with Gasteiger partial charge >= 0.3 is 0 Å². The molecule has 0 amide bonds. The van der Waals surface area contributed by atoms with E-state index in [-0.39, 0.29) is 31.1 Å². The monoisotopic (exact) mass is 180 g/mol. The van der Waals surface area contributed by atoms with Crippen LogP contribution < -0.4 is 0 Å². The first-order valence-electron chi connectivity index (χ1n) is 3.00. The first kappa shape index (κ1) is 16.4. The molecule has 58 valence electrons. The van der Waals surface area contributed by atoms with Crippen LogP contribution in [0.1, 0.15) is 0 Å². The van der Waals surface area contributed by atoms with Crippen molar-refractivity contribution in [1.29, 1.82) is 0 Å². The second-order valence-corrected chi connectivity index (χ2v) is 9.00. The summed E-state index contributed by atoms with van der Waals surface area (Å²) in [6.45, 7) is 13.6. The zero-order chi connectivity index (χ0) is 7.15. The second-order valence-electron chi connectivity index (χ2n) is 3.00. The van der Waals surface area contributed by atoms with Crippen LogP contribution in [0.4, 0.5) is 0 Å². The molecule has 0 nitrogen and oxygen atoms in total. The van der Waals surface area contributed by atoms with Crippen LogP contribution in [0.3, 0.4) is 0 Å². The summed E-state index contributed by atoms with van der Waals surface area (Å²) in [4.78, 5) is 0. The fourth-order valence-corrected chi connectivity index (χ4v) is 0. The summed E-state index contributed by atoms with van der Waals surface area (Å²) in [6.07, 6.45) is 0. The molecule has 0 saturated carbocycles. The Bertz CT molecular complexity index is 26.5. The van der Waals surface area contributed by atoms with Crippen molar-refractivity contribution < 1.29 is 0 Å². The molecular weight excluding hydrogens is 160 g/mol. The van der Waals surface area contributed by atoms with E-state index in [0.29, 0.717) is 0 Å². The van der Waals surface area contributed by atoms with Crippen LogP contribution in [0.5, 0.6) is 0 Å². The van der Waals surface area contributed by atoms with Crippen molar-refractivity contribution in [2.75, 3.05) is 0 Å². The maximum Gasteiger partial charge on any atom is 0.0379 e. The third-order valence-electron chi connectivity index (χ3n) is 0. The third-order valence-corrected chi connectivity index (χ3v) is 0. The topological polar surface area (TPSA) is 0 Å². The summed E-state index contributed by atoms with van der Waals surface area (Å²) in [5, 5.41) is 0. The van der Waals surface area contributed by atoms with E-state index < -0.39 is 0 Å². The molecule has 0 spiro atoms. The first-order chi connectivity index (χ1) is 3.46. The Balaban J connectivity index is -0.0000000720. The molecule has 0 aliphatic carbocycles. The molecule has 0 bridgehead atoms. The molecule has 3 heteroatoms. The lowest BCUT2D eigenvalue weighted by Gasteiger charge is -1.75. The van der Waals surface area contributed by atoms with E-state index in [2.05, 4.69) is 39.3 Å². The molecule has 0 N–H and O–H groups in total. The Morgan fingerprint density at radius 2 is 0.556 bits per heavy atom. The summed E-state index contributed by atoms with van der Waals surface area (Å²) in [5.74, 6) is 0. The molecule has 0 aromatic carbocycles. The van der Waals surface area contributed by atoms with Gasteiger partial charge in [0.25, 0.3) is 0 Å². The minimum absolute atomic E-state index is 0. The molecule has 0 heterocycles. The lowest BCUT2D eigenvalue weighted by atomic mass is 11.8. The summed E-state index contributed by atoms with van der Waals surface area (Å²) in [6, 6.07) is 0. The second kappa shape index (κ2) is 11.6. The predicted molar refractivity (Wildman–Crippen MR) is 57.1 cm³/mol. The van der Waals surface area contributed by atoms with Gasteiger partial charge in [-0.05, 0) is 0 Å². The van der Waals surface area contributed by atoms with Crippen molar-refractivity contribution in [3.05, 3.63) is 0 Å². The van der Waals surface area contributed by atoms with Gasteiger partial charge in [0.2, 0.25) is 0 Å². The first-order valence-corrected chi connectivity index (χ1v) is 9.00. The summed E-state index contributed by atoms with van der Waals surface area (Å²) in [5.41, 5.74) is 0. The lowest BCUT2D eigenvalue weighted by Crippen LogP contribution is -1.84. The molecule has 0 unspecified atom stereocenters. The number of hydrogen-bond acceptors (Lipinski definition) is 0. The number of hydrogen-bond donors (Lipinski definition) is 0. The summed E-state index contributed by atoms with van der Waals surface area (Å²) in [7, 11) is 0.241. The van der Waals surface area contributed by atoms with E-state index in [9.17, 15) is 0 Å². The molecule has 0 rings (SSSR count). The van der Waals surface area contributed by atoms with Gasteiger partial charge in [-0.2, -0.15) is 13.5 Å². The minimum Gasteiger partial charge on any atom is -0.197 e. The van der Waals surface area contributed by atoms with Gasteiger partial charge < -0.3 is 0 Å². The molecular formula is C6H20SSi2. The van der Waals surface area contributed by atoms with Gasteiger partial charge in [-0.1, -0.05) is 39.3 Å². The minimum atomic E-state index is 0. The van der Waals surface area contributed by atoms with Gasteiger partial charge in [0.05, 0.1) is 0 Å². The Kier molecular flexibility index (Phi) is 21.1. The van der Waals surface area contributed by atoms with Crippen LogP contribution in [0.25, 0.3) is 0 Å². The van der Waals surface area contributed by atoms with Crippen LogP contribution in [0.15, 0.2) is 0 Å². The highest BCUT2D eigenvalue weighted by Crippen LogP contribution is 1.68. The standard InChI is InChI=1S/2C3H9Si.H2S/c2*1-4(2)3;/h2*1-3H3;1H2. The van der Waals surface area contributed by atoms with Crippen LogP contribution in [-0.4, -0.2) is 17.6 Å². The smallest absolute Gasteiger partial charge is 0.0379 e. The predicted octanol–water partition coefficient (Wildman–Crippen LogP) is 2.85. The summed E-state index contributed by atoms with van der Waals surface area (Å²) < 4.78 is 0. The molecule has 0 aromatic rings. The maximum atomic E-state index is 2.27. The fraction of sp³-hybridized carbons (Fsp3) is 1.00. The maximum absolute atomic E-state index is 2.27. The van der Waals surface area contributed by atoms with E-state index in [0.717, 1.165) is 0 Å². The van der Waals surface area contributed by atoms with Gasteiger partial charge in [-0.3, -0.25) is 0 Å². The normalized spacial score (nSPS) is 8.00. The van der Waals surface area contributed by atoms with Crippen LogP contribution in [0, 0.1) is 0 Å². The van der Waals surface area contributed by atoms with Crippen LogP contribution in [-0.2, 0) is 0 Å². The SMILES string of the molecule is C[Si](C)C.C[Si](C)C.S. The van der Waals surface area contributed by atoms with Crippen LogP contribution in [0.2, 0.25) is 39.3 Å². The van der Waals surface area contributed by atoms with Crippen molar-refractivity contribution in [2.24, 2.45) is 0 Å². The Morgan fingerprint density at radius 1 is 0.556 bits per heavy atom. The van der Waals surface area contributed by atoms with E-state index in [1.54, 1.807) is 0 Å². The summed E-state index contributed by atoms with van der Waals surface area (Å²) >= 11 is 0. The molecule has 0 aliphatic heterocycles. The molecule has 0 fully saturated rings. The van der Waals surface area contributed by atoms with Gasteiger partial charge in [-0.15, -0.1) is 0 Å². The average Bonchev–Trinajstić information content (AvgIpc) is 1.25. The van der Waals surface area contributed by atoms with E-state index >= 15 is 0 Å². The Hall–Kier alpha value is 0.784. The number of rotatable bonds is 0. The highest BCUT2D eigenvalue weighted by molar-refractivity contribution is 7.59. The van der Waals surface area contributed by atoms with E-state index in [4.69, 9.17) is 0 Å². The van der Waals surface area contributed by atoms with Crippen molar-refractivity contribution in [2.45, 2.75) is 39.3 Å². The molecule has 2 radical (unpaired) electrons. The third kappa shape index (κ3) is 658. The zero-order valence-corrected chi connectivity index (χ0v) is 10.5. The highest BCUT2D eigenvalue weighted by Gasteiger charge is 1.72. The van der Waals surface area contributed by atoms with Gasteiger partial charge in [-0.25, -0.2) is 0 Å². The van der Waals surface area contributed by atoms with Gasteiger partial charge in [0, 0.05) is 17.6 Å². The Morgan fingerprint density at radius 3 is 0.556 bits per heavy atom.